The van der Waals surface area contributed by atoms with Gasteiger partial charge in [-0.25, -0.2) is 0 Å². The van der Waals surface area contributed by atoms with Crippen LogP contribution in [0.25, 0.3) is 10.9 Å². The SMILES string of the molecule is O=C1C[C@H](c2c[nH]c3ccccc23)[C@H]2O[C@@H]3OCO[C@@H]3[C@H]2O1. The van der Waals surface area contributed by atoms with Crippen LogP contribution in [0.5, 0.6) is 0 Å². The largest absolute Gasteiger partial charge is 0.457 e. The highest BCUT2D eigenvalue weighted by Crippen LogP contribution is 2.44. The van der Waals surface area contributed by atoms with Crippen molar-refractivity contribution >= 4 is 16.9 Å². The van der Waals surface area contributed by atoms with Crippen molar-refractivity contribution < 1.29 is 23.7 Å². The number of para-hydroxylation sites is 1. The van der Waals surface area contributed by atoms with E-state index >= 15 is 0 Å². The van der Waals surface area contributed by atoms with Crippen LogP contribution in [0.15, 0.2) is 30.5 Å². The van der Waals surface area contributed by atoms with Gasteiger partial charge in [0.1, 0.15) is 6.10 Å². The molecule has 6 nitrogen and oxygen atoms in total. The van der Waals surface area contributed by atoms with Crippen molar-refractivity contribution in [2.75, 3.05) is 6.79 Å². The van der Waals surface area contributed by atoms with E-state index in [1.54, 1.807) is 0 Å². The van der Waals surface area contributed by atoms with Crippen LogP contribution < -0.4 is 0 Å². The molecule has 114 valence electrons. The molecule has 0 unspecified atom stereocenters. The number of ether oxygens (including phenoxy) is 4. The predicted octanol–water partition coefficient (Wildman–Crippen LogP) is 1.66. The molecule has 0 radical (unpaired) electrons. The maximum atomic E-state index is 12.1. The number of hydrogen-bond donors (Lipinski definition) is 1. The van der Waals surface area contributed by atoms with Crippen molar-refractivity contribution in [3.8, 4) is 0 Å². The molecule has 0 spiro atoms. The van der Waals surface area contributed by atoms with Gasteiger partial charge < -0.3 is 23.9 Å². The Morgan fingerprint density at radius 2 is 2.00 bits per heavy atom. The van der Waals surface area contributed by atoms with E-state index < -0.39 is 12.4 Å². The number of hydrogen-bond acceptors (Lipinski definition) is 5. The summed E-state index contributed by atoms with van der Waals surface area (Å²) in [5.41, 5.74) is 2.14. The summed E-state index contributed by atoms with van der Waals surface area (Å²) in [5.74, 6) is -0.267. The van der Waals surface area contributed by atoms with Gasteiger partial charge in [-0.2, -0.15) is 0 Å². The van der Waals surface area contributed by atoms with Crippen molar-refractivity contribution in [1.29, 1.82) is 0 Å². The van der Waals surface area contributed by atoms with Crippen LogP contribution in [0.4, 0.5) is 0 Å². The molecule has 3 fully saturated rings. The van der Waals surface area contributed by atoms with Crippen molar-refractivity contribution in [3.05, 3.63) is 36.0 Å². The van der Waals surface area contributed by atoms with Gasteiger partial charge in [-0.15, -0.1) is 0 Å². The Morgan fingerprint density at radius 1 is 1.09 bits per heavy atom. The van der Waals surface area contributed by atoms with Crippen LogP contribution in [0.1, 0.15) is 17.9 Å². The summed E-state index contributed by atoms with van der Waals surface area (Å²) in [6.07, 6.45) is 0.891. The van der Waals surface area contributed by atoms with Crippen LogP contribution >= 0.6 is 0 Å². The average molecular weight is 301 g/mol. The van der Waals surface area contributed by atoms with Crippen molar-refractivity contribution in [2.24, 2.45) is 0 Å². The Kier molecular flexibility index (Phi) is 2.61. The Hall–Kier alpha value is -1.89. The predicted molar refractivity (Wildman–Crippen MR) is 75.0 cm³/mol. The first-order valence-corrected chi connectivity index (χ1v) is 7.45. The quantitative estimate of drug-likeness (QED) is 0.811. The minimum atomic E-state index is -0.436. The number of aromatic nitrogens is 1. The van der Waals surface area contributed by atoms with Gasteiger partial charge in [-0.1, -0.05) is 18.2 Å². The van der Waals surface area contributed by atoms with E-state index in [9.17, 15) is 4.79 Å². The molecule has 4 heterocycles. The third-order valence-corrected chi connectivity index (χ3v) is 4.77. The first-order chi connectivity index (χ1) is 10.8. The molecule has 22 heavy (non-hydrogen) atoms. The van der Waals surface area contributed by atoms with Crippen LogP contribution in [0.3, 0.4) is 0 Å². The normalized spacial score (nSPS) is 37.1. The molecule has 0 amide bonds. The summed E-state index contributed by atoms with van der Waals surface area (Å²) in [6, 6.07) is 8.06. The minimum Gasteiger partial charge on any atom is -0.457 e. The first-order valence-electron chi connectivity index (χ1n) is 7.45. The van der Waals surface area contributed by atoms with Crippen LogP contribution in [0.2, 0.25) is 0 Å². The Balaban J connectivity index is 1.57. The Labute approximate surface area is 126 Å². The van der Waals surface area contributed by atoms with E-state index in [-0.39, 0.29) is 30.9 Å². The number of rotatable bonds is 1. The molecule has 3 aliphatic heterocycles. The highest BCUT2D eigenvalue weighted by molar-refractivity contribution is 5.85. The Morgan fingerprint density at radius 3 is 2.95 bits per heavy atom. The fourth-order valence-corrected chi connectivity index (χ4v) is 3.79. The lowest BCUT2D eigenvalue weighted by molar-refractivity contribution is -0.177. The molecule has 0 saturated carbocycles. The zero-order chi connectivity index (χ0) is 14.7. The first kappa shape index (κ1) is 12.6. The van der Waals surface area contributed by atoms with E-state index in [0.717, 1.165) is 16.5 Å². The number of benzene rings is 1. The standard InChI is InChI=1S/C16H15NO5/c18-12-5-9(10-6-17-11-4-2-1-3-8(10)11)13-14(21-12)15-16(22-13)20-7-19-15/h1-4,6,9,13-17H,5,7H2/t9-,13-,14+,15-,16+/m1/s1. The van der Waals surface area contributed by atoms with Gasteiger partial charge in [-0.3, -0.25) is 4.79 Å². The lowest BCUT2D eigenvalue weighted by Gasteiger charge is -2.33. The molecule has 1 aromatic carbocycles. The van der Waals surface area contributed by atoms with Crippen molar-refractivity contribution in [2.45, 2.75) is 36.9 Å². The third-order valence-electron chi connectivity index (χ3n) is 4.77. The summed E-state index contributed by atoms with van der Waals surface area (Å²) >= 11 is 0. The van der Waals surface area contributed by atoms with Crippen molar-refractivity contribution in [3.63, 3.8) is 0 Å². The monoisotopic (exact) mass is 301 g/mol. The van der Waals surface area contributed by atoms with E-state index in [1.165, 1.54) is 0 Å². The fourth-order valence-electron chi connectivity index (χ4n) is 3.79. The van der Waals surface area contributed by atoms with Gasteiger partial charge >= 0.3 is 5.97 Å². The van der Waals surface area contributed by atoms with Crippen LogP contribution in [-0.2, 0) is 23.7 Å². The van der Waals surface area contributed by atoms with Crippen LogP contribution in [-0.4, -0.2) is 42.3 Å². The second-order valence-electron chi connectivity index (χ2n) is 5.94. The number of fused-ring (bicyclic) bond motifs is 4. The zero-order valence-corrected chi connectivity index (χ0v) is 11.7. The second kappa shape index (κ2) is 4.55. The molecule has 0 bridgehead atoms. The summed E-state index contributed by atoms with van der Waals surface area (Å²) in [5, 5.41) is 1.11. The van der Waals surface area contributed by atoms with E-state index in [4.69, 9.17) is 18.9 Å². The maximum Gasteiger partial charge on any atom is 0.306 e. The highest BCUT2D eigenvalue weighted by atomic mass is 16.8. The molecule has 1 N–H and O–H groups in total. The van der Waals surface area contributed by atoms with Gasteiger partial charge in [0, 0.05) is 23.0 Å². The molecule has 3 saturated heterocycles. The molecule has 2 aromatic rings. The summed E-state index contributed by atoms with van der Waals surface area (Å²) in [4.78, 5) is 15.3. The van der Waals surface area contributed by atoms with E-state index in [2.05, 4.69) is 11.1 Å². The number of esters is 1. The average Bonchev–Trinajstić information content (AvgIpc) is 3.20. The Bertz CT molecular complexity index is 741. The highest BCUT2D eigenvalue weighted by Gasteiger charge is 2.56. The fraction of sp³-hybridized carbons (Fsp3) is 0.438. The van der Waals surface area contributed by atoms with E-state index in [0.29, 0.717) is 6.42 Å². The summed E-state index contributed by atoms with van der Waals surface area (Å²) < 4.78 is 22.4. The molecule has 5 atom stereocenters. The van der Waals surface area contributed by atoms with Crippen LogP contribution in [0, 0.1) is 0 Å². The van der Waals surface area contributed by atoms with Gasteiger partial charge in [0.25, 0.3) is 0 Å². The molecule has 0 aliphatic carbocycles. The molecule has 6 heteroatoms. The molecule has 3 aliphatic rings. The maximum absolute atomic E-state index is 12.1. The molecular formula is C16H15NO5. The number of carbonyl (C=O) groups is 1. The number of carbonyl (C=O) groups excluding carboxylic acids is 1. The second-order valence-corrected chi connectivity index (χ2v) is 5.94. The van der Waals surface area contributed by atoms with Gasteiger partial charge in [0.15, 0.2) is 25.3 Å². The smallest absolute Gasteiger partial charge is 0.306 e. The van der Waals surface area contributed by atoms with Crippen molar-refractivity contribution in [1.82, 2.24) is 4.98 Å². The van der Waals surface area contributed by atoms with E-state index in [1.807, 2.05) is 24.4 Å². The number of H-pyrrole nitrogens is 1. The topological polar surface area (TPSA) is 69.8 Å². The lowest BCUT2D eigenvalue weighted by atomic mass is 9.85. The van der Waals surface area contributed by atoms with Gasteiger partial charge in [0.05, 0.1) is 6.42 Å². The molecular weight excluding hydrogens is 286 g/mol. The molecule has 1 aromatic heterocycles. The summed E-state index contributed by atoms with van der Waals surface area (Å²) in [6.45, 7) is 0.188. The third kappa shape index (κ3) is 1.68. The van der Waals surface area contributed by atoms with Gasteiger partial charge in [0.2, 0.25) is 0 Å². The number of nitrogens with one attached hydrogen (secondary N) is 1. The van der Waals surface area contributed by atoms with Gasteiger partial charge in [-0.05, 0) is 11.6 Å². The summed E-state index contributed by atoms with van der Waals surface area (Å²) in [7, 11) is 0. The zero-order valence-electron chi connectivity index (χ0n) is 11.7. The number of aromatic amines is 1. The lowest BCUT2D eigenvalue weighted by Crippen LogP contribution is -2.44. The molecule has 5 rings (SSSR count). The minimum absolute atomic E-state index is 0.0554.